The van der Waals surface area contributed by atoms with Crippen LogP contribution >= 0.6 is 0 Å². The van der Waals surface area contributed by atoms with Gasteiger partial charge in [0.15, 0.2) is 0 Å². The van der Waals surface area contributed by atoms with Gasteiger partial charge < -0.3 is 40.8 Å². The van der Waals surface area contributed by atoms with Crippen molar-refractivity contribution in [3.05, 3.63) is 0 Å². The van der Waals surface area contributed by atoms with E-state index in [-0.39, 0.29) is 0 Å². The van der Waals surface area contributed by atoms with E-state index in [4.69, 9.17) is 5.11 Å². The molecule has 0 unspecified atom stereocenters. The minimum atomic E-state index is -2.39. The molecule has 0 heterocycles. The van der Waals surface area contributed by atoms with Crippen molar-refractivity contribution in [3.8, 4) is 0 Å². The molecule has 0 saturated heterocycles. The Morgan fingerprint density at radius 2 is 1.95 bits per heavy atom. The predicted octanol–water partition coefficient (Wildman–Crippen LogP) is -4.54. The molecule has 1 rings (SSSR count). The minimum absolute atomic E-state index is 0.534. The van der Waals surface area contributed by atoms with Crippen LogP contribution in [0.25, 0.3) is 0 Å². The third kappa shape index (κ3) is 3.89. The van der Waals surface area contributed by atoms with Gasteiger partial charge in [0.25, 0.3) is 0 Å². The summed E-state index contributed by atoms with van der Waals surface area (Å²) in [5.74, 6) is -3.53. The van der Waals surface area contributed by atoms with Crippen molar-refractivity contribution in [3.63, 3.8) is 0 Å². The van der Waals surface area contributed by atoms with Crippen molar-refractivity contribution in [2.45, 2.75) is 49.7 Å². The lowest BCUT2D eigenvalue weighted by Crippen LogP contribution is -2.64. The van der Waals surface area contributed by atoms with Crippen molar-refractivity contribution >= 4 is 11.9 Å². The number of carboxylic acids is 1. The Balaban J connectivity index is 3.07. The number of carboxylic acid groups (broad SMARTS) is 1. The SMILES string of the molecule is CC(=O)N[C@H]1[C@@H]([C@H](O)[C@H](O)CO)C[C@](O)(C(=O)[O-])C[C@@H]1O. The minimum Gasteiger partial charge on any atom is -0.547 e. The number of rotatable bonds is 5. The highest BCUT2D eigenvalue weighted by Gasteiger charge is 2.49. The lowest BCUT2D eigenvalue weighted by molar-refractivity contribution is -0.330. The van der Waals surface area contributed by atoms with Crippen molar-refractivity contribution in [2.24, 2.45) is 5.92 Å². The van der Waals surface area contributed by atoms with Crippen LogP contribution in [0.1, 0.15) is 19.8 Å². The topological polar surface area (TPSA) is 170 Å². The van der Waals surface area contributed by atoms with Crippen molar-refractivity contribution < 1.29 is 40.2 Å². The van der Waals surface area contributed by atoms with E-state index in [9.17, 15) is 35.1 Å². The van der Waals surface area contributed by atoms with Gasteiger partial charge in [0.2, 0.25) is 5.91 Å². The summed E-state index contributed by atoms with van der Waals surface area (Å²) in [5, 5.41) is 61.6. The number of aliphatic hydroxyl groups is 5. The fourth-order valence-corrected chi connectivity index (χ4v) is 2.69. The summed E-state index contributed by atoms with van der Waals surface area (Å²) in [6, 6.07) is -1.07. The van der Waals surface area contributed by atoms with Gasteiger partial charge in [0.05, 0.1) is 30.8 Å². The summed E-state index contributed by atoms with van der Waals surface area (Å²) in [5.41, 5.74) is -2.39. The fraction of sp³-hybridized carbons (Fsp3) is 0.833. The molecule has 122 valence electrons. The standard InChI is InChI=1S/C12H21NO8/c1-5(15)13-9-6(10(18)8(17)4-14)2-12(21,11(19)20)3-7(9)16/h6-10,14,16-18,21H,2-4H2,1H3,(H,13,15)(H,19,20)/p-1/t6-,7-,8+,9-,10-,12+/m0/s1. The smallest absolute Gasteiger partial charge is 0.217 e. The number of aliphatic carboxylic acids is 1. The molecule has 1 amide bonds. The largest absolute Gasteiger partial charge is 0.547 e. The second-order valence-electron chi connectivity index (χ2n) is 5.43. The number of nitrogens with one attached hydrogen (secondary N) is 1. The second-order valence-corrected chi connectivity index (χ2v) is 5.43. The number of amides is 1. The Hall–Kier alpha value is -1.26. The van der Waals surface area contributed by atoms with E-state index in [1.54, 1.807) is 0 Å². The van der Waals surface area contributed by atoms with Crippen LogP contribution < -0.4 is 10.4 Å². The van der Waals surface area contributed by atoms with Gasteiger partial charge in [-0.05, 0) is 6.42 Å². The Bertz CT molecular complexity index is 403. The molecule has 9 nitrogen and oxygen atoms in total. The summed E-state index contributed by atoms with van der Waals surface area (Å²) in [6.45, 7) is 0.364. The van der Waals surface area contributed by atoms with Gasteiger partial charge in [-0.2, -0.15) is 0 Å². The maximum atomic E-state index is 11.2. The van der Waals surface area contributed by atoms with Gasteiger partial charge in [-0.25, -0.2) is 0 Å². The molecule has 1 aliphatic rings. The van der Waals surface area contributed by atoms with Crippen LogP contribution in [0, 0.1) is 5.92 Å². The van der Waals surface area contributed by atoms with Crippen LogP contribution in [0.15, 0.2) is 0 Å². The predicted molar refractivity (Wildman–Crippen MR) is 65.4 cm³/mol. The number of aliphatic hydroxyl groups excluding tert-OH is 4. The zero-order chi connectivity index (χ0) is 16.4. The van der Waals surface area contributed by atoms with Crippen LogP contribution in [0.2, 0.25) is 0 Å². The number of hydrogen-bond donors (Lipinski definition) is 6. The van der Waals surface area contributed by atoms with Crippen molar-refractivity contribution in [2.75, 3.05) is 6.61 Å². The van der Waals surface area contributed by atoms with Gasteiger partial charge in [0.1, 0.15) is 11.7 Å². The van der Waals surface area contributed by atoms with Crippen LogP contribution in [-0.2, 0) is 9.59 Å². The molecular formula is C12H20NO8-. The van der Waals surface area contributed by atoms with Crippen molar-refractivity contribution in [1.29, 1.82) is 0 Å². The molecule has 21 heavy (non-hydrogen) atoms. The van der Waals surface area contributed by atoms with E-state index in [0.717, 1.165) is 6.92 Å². The highest BCUT2D eigenvalue weighted by atomic mass is 16.4. The summed E-state index contributed by atoms with van der Waals surface area (Å²) in [6.07, 6.45) is -5.85. The van der Waals surface area contributed by atoms with E-state index >= 15 is 0 Å². The number of hydrogen-bond acceptors (Lipinski definition) is 8. The van der Waals surface area contributed by atoms with Gasteiger partial charge in [0, 0.05) is 19.3 Å². The Kier molecular flexibility index (Phi) is 5.65. The normalized spacial score (nSPS) is 35.8. The molecule has 6 N–H and O–H groups in total. The molecule has 0 spiro atoms. The molecule has 0 aromatic rings. The third-order valence-electron chi connectivity index (χ3n) is 3.77. The first-order valence-corrected chi connectivity index (χ1v) is 6.48. The Morgan fingerprint density at radius 3 is 2.38 bits per heavy atom. The van der Waals surface area contributed by atoms with Gasteiger partial charge in [-0.15, -0.1) is 0 Å². The van der Waals surface area contributed by atoms with Crippen LogP contribution in [-0.4, -0.2) is 74.0 Å². The molecule has 0 aromatic heterocycles. The van der Waals surface area contributed by atoms with E-state index in [1.165, 1.54) is 0 Å². The van der Waals surface area contributed by atoms with E-state index in [1.807, 2.05) is 0 Å². The average molecular weight is 306 g/mol. The first-order chi connectivity index (χ1) is 9.62. The third-order valence-corrected chi connectivity index (χ3v) is 3.77. The van der Waals surface area contributed by atoms with Gasteiger partial charge >= 0.3 is 0 Å². The van der Waals surface area contributed by atoms with E-state index in [2.05, 4.69) is 5.32 Å². The maximum Gasteiger partial charge on any atom is 0.217 e. The zero-order valence-corrected chi connectivity index (χ0v) is 11.5. The summed E-state index contributed by atoms with van der Waals surface area (Å²) < 4.78 is 0. The van der Waals surface area contributed by atoms with Crippen LogP contribution in [0.5, 0.6) is 0 Å². The Labute approximate surface area is 120 Å². The lowest BCUT2D eigenvalue weighted by atomic mass is 9.70. The highest BCUT2D eigenvalue weighted by Crippen LogP contribution is 2.35. The van der Waals surface area contributed by atoms with Crippen molar-refractivity contribution in [1.82, 2.24) is 5.32 Å². The van der Waals surface area contributed by atoms with E-state index in [0.29, 0.717) is 0 Å². The molecule has 1 fully saturated rings. The highest BCUT2D eigenvalue weighted by molar-refractivity contribution is 5.76. The number of carbonyl (C=O) groups is 2. The first kappa shape index (κ1) is 17.8. The molecular weight excluding hydrogens is 286 g/mol. The van der Waals surface area contributed by atoms with E-state index < -0.39 is 67.2 Å². The average Bonchev–Trinajstić information content (AvgIpc) is 2.39. The molecule has 1 saturated carbocycles. The second kappa shape index (κ2) is 6.67. The van der Waals surface area contributed by atoms with Gasteiger partial charge in [-0.3, -0.25) is 4.79 Å². The lowest BCUT2D eigenvalue weighted by Gasteiger charge is -2.46. The quantitative estimate of drug-likeness (QED) is 0.295. The molecule has 0 radical (unpaired) electrons. The summed E-state index contributed by atoms with van der Waals surface area (Å²) in [4.78, 5) is 22.2. The molecule has 9 heteroatoms. The zero-order valence-electron chi connectivity index (χ0n) is 11.5. The molecule has 0 aromatic carbocycles. The number of carbonyl (C=O) groups excluding carboxylic acids is 2. The monoisotopic (exact) mass is 306 g/mol. The van der Waals surface area contributed by atoms with Gasteiger partial charge in [-0.1, -0.05) is 0 Å². The fourth-order valence-electron chi connectivity index (χ4n) is 2.69. The Morgan fingerprint density at radius 1 is 1.38 bits per heavy atom. The molecule has 0 aliphatic heterocycles. The molecule has 6 atom stereocenters. The maximum absolute atomic E-state index is 11.2. The molecule has 0 bridgehead atoms. The summed E-state index contributed by atoms with van der Waals surface area (Å²) >= 11 is 0. The van der Waals surface area contributed by atoms with Crippen LogP contribution in [0.4, 0.5) is 0 Å². The first-order valence-electron chi connectivity index (χ1n) is 6.48. The van der Waals surface area contributed by atoms with Crippen LogP contribution in [0.3, 0.4) is 0 Å². The molecule has 1 aliphatic carbocycles. The summed E-state index contributed by atoms with van der Waals surface area (Å²) in [7, 11) is 0.